The minimum atomic E-state index is -0.352. The van der Waals surface area contributed by atoms with Crippen LogP contribution in [0, 0.1) is 12.7 Å². The maximum Gasteiger partial charge on any atom is 0.256 e. The second-order valence-corrected chi connectivity index (χ2v) is 6.20. The summed E-state index contributed by atoms with van der Waals surface area (Å²) in [7, 11) is 0. The molecule has 1 heterocycles. The maximum absolute atomic E-state index is 13.2. The first-order valence-corrected chi connectivity index (χ1v) is 8.32. The topological polar surface area (TPSA) is 77.2 Å². The SMILES string of the molecule is Cc1nsc(N)c1C(=O)NCc1ccc(Oc2cccc(F)c2)cc1. The monoisotopic (exact) mass is 357 g/mol. The number of nitrogens with one attached hydrogen (secondary N) is 1. The molecule has 2 aromatic carbocycles. The van der Waals surface area contributed by atoms with E-state index < -0.39 is 0 Å². The lowest BCUT2D eigenvalue weighted by molar-refractivity contribution is 0.0951. The fraction of sp³-hybridized carbons (Fsp3) is 0.111. The summed E-state index contributed by atoms with van der Waals surface area (Å²) < 4.78 is 22.8. The highest BCUT2D eigenvalue weighted by Crippen LogP contribution is 2.23. The zero-order chi connectivity index (χ0) is 17.8. The molecule has 0 aliphatic carbocycles. The number of aromatic nitrogens is 1. The molecular weight excluding hydrogens is 341 g/mol. The molecule has 0 atom stereocenters. The van der Waals surface area contributed by atoms with Crippen molar-refractivity contribution in [2.24, 2.45) is 0 Å². The van der Waals surface area contributed by atoms with Crippen LogP contribution in [0.4, 0.5) is 9.39 Å². The fourth-order valence-electron chi connectivity index (χ4n) is 2.28. The molecule has 1 aromatic heterocycles. The molecule has 1 amide bonds. The molecular formula is C18H16FN3O2S. The van der Waals surface area contributed by atoms with Gasteiger partial charge in [-0.1, -0.05) is 18.2 Å². The van der Waals surface area contributed by atoms with Crippen molar-refractivity contribution < 1.29 is 13.9 Å². The van der Waals surface area contributed by atoms with E-state index in [4.69, 9.17) is 10.5 Å². The van der Waals surface area contributed by atoms with Gasteiger partial charge in [0.2, 0.25) is 0 Å². The van der Waals surface area contributed by atoms with E-state index in [1.165, 1.54) is 12.1 Å². The largest absolute Gasteiger partial charge is 0.457 e. The van der Waals surface area contributed by atoms with E-state index in [1.807, 2.05) is 12.1 Å². The third-order valence-electron chi connectivity index (χ3n) is 3.52. The number of hydrogen-bond acceptors (Lipinski definition) is 5. The molecule has 0 aliphatic rings. The van der Waals surface area contributed by atoms with Gasteiger partial charge in [0.25, 0.3) is 5.91 Å². The minimum Gasteiger partial charge on any atom is -0.457 e. The average molecular weight is 357 g/mol. The number of hydrogen-bond donors (Lipinski definition) is 2. The van der Waals surface area contributed by atoms with Gasteiger partial charge in [0.1, 0.15) is 22.3 Å². The molecule has 0 spiro atoms. The van der Waals surface area contributed by atoms with Crippen LogP contribution in [-0.4, -0.2) is 10.3 Å². The molecule has 0 saturated carbocycles. The summed E-state index contributed by atoms with van der Waals surface area (Å²) in [5, 5.41) is 3.23. The third-order valence-corrected chi connectivity index (χ3v) is 4.29. The Morgan fingerprint density at radius 1 is 1.24 bits per heavy atom. The van der Waals surface area contributed by atoms with Gasteiger partial charge in [-0.25, -0.2) is 4.39 Å². The number of halogens is 1. The second kappa shape index (κ2) is 7.31. The molecule has 3 N–H and O–H groups in total. The number of carbonyl (C=O) groups excluding carboxylic acids is 1. The van der Waals surface area contributed by atoms with Gasteiger partial charge in [0.15, 0.2) is 0 Å². The van der Waals surface area contributed by atoms with Crippen LogP contribution in [0.25, 0.3) is 0 Å². The summed E-state index contributed by atoms with van der Waals surface area (Å²) in [4.78, 5) is 12.2. The molecule has 3 rings (SSSR count). The van der Waals surface area contributed by atoms with Crippen molar-refractivity contribution in [2.75, 3.05) is 5.73 Å². The number of benzene rings is 2. The fourth-order valence-corrected chi connectivity index (χ4v) is 2.93. The maximum atomic E-state index is 13.2. The molecule has 0 radical (unpaired) electrons. The number of rotatable bonds is 5. The number of ether oxygens (including phenoxy) is 1. The molecule has 0 bridgehead atoms. The molecule has 0 saturated heterocycles. The smallest absolute Gasteiger partial charge is 0.256 e. The van der Waals surface area contributed by atoms with Gasteiger partial charge in [-0.2, -0.15) is 4.37 Å². The molecule has 0 fully saturated rings. The number of nitrogens with zero attached hydrogens (tertiary/aromatic N) is 1. The summed E-state index contributed by atoms with van der Waals surface area (Å²) in [6, 6.07) is 13.1. The number of aryl methyl sites for hydroxylation is 1. The first kappa shape index (κ1) is 16.9. The molecule has 128 valence electrons. The third kappa shape index (κ3) is 4.13. The lowest BCUT2D eigenvalue weighted by Gasteiger charge is -2.08. The van der Waals surface area contributed by atoms with Gasteiger partial charge in [-0.15, -0.1) is 0 Å². The van der Waals surface area contributed by atoms with E-state index in [-0.39, 0.29) is 11.7 Å². The Bertz CT molecular complexity index is 874. The van der Waals surface area contributed by atoms with Gasteiger partial charge in [-0.05, 0) is 48.3 Å². The van der Waals surface area contributed by atoms with Crippen LogP contribution in [0.5, 0.6) is 11.5 Å². The number of amides is 1. The standard InChI is InChI=1S/C18H16FN3O2S/c1-11-16(17(20)25-22-11)18(23)21-10-12-5-7-14(8-6-12)24-15-4-2-3-13(19)9-15/h2-9H,10,20H2,1H3,(H,21,23). The predicted octanol–water partition coefficient (Wildman–Crippen LogP) is 3.90. The number of nitrogen functional groups attached to an aromatic ring is 1. The Morgan fingerprint density at radius 2 is 2.00 bits per heavy atom. The predicted molar refractivity (Wildman–Crippen MR) is 95.3 cm³/mol. The van der Waals surface area contributed by atoms with Crippen LogP contribution >= 0.6 is 11.5 Å². The summed E-state index contributed by atoms with van der Waals surface area (Å²) in [5.74, 6) is 0.415. The van der Waals surface area contributed by atoms with Gasteiger partial charge < -0.3 is 15.8 Å². The van der Waals surface area contributed by atoms with E-state index in [9.17, 15) is 9.18 Å². The Hall–Kier alpha value is -2.93. The summed E-state index contributed by atoms with van der Waals surface area (Å²) in [6.45, 7) is 2.11. The Kier molecular flexibility index (Phi) is 4.95. The van der Waals surface area contributed by atoms with Crippen molar-refractivity contribution in [3.8, 4) is 11.5 Å². The van der Waals surface area contributed by atoms with Crippen molar-refractivity contribution in [1.82, 2.24) is 9.69 Å². The summed E-state index contributed by atoms with van der Waals surface area (Å²) >= 11 is 1.11. The second-order valence-electron chi connectivity index (χ2n) is 5.39. The van der Waals surface area contributed by atoms with Crippen LogP contribution in [-0.2, 0) is 6.54 Å². The Balaban J connectivity index is 1.60. The van der Waals surface area contributed by atoms with E-state index in [1.54, 1.807) is 31.2 Å². The lowest BCUT2D eigenvalue weighted by atomic mass is 10.2. The molecule has 25 heavy (non-hydrogen) atoms. The number of nitrogens with two attached hydrogens (primary N) is 1. The molecule has 7 heteroatoms. The van der Waals surface area contributed by atoms with Crippen LogP contribution < -0.4 is 15.8 Å². The van der Waals surface area contributed by atoms with E-state index >= 15 is 0 Å². The number of anilines is 1. The molecule has 0 aliphatic heterocycles. The van der Waals surface area contributed by atoms with Crippen LogP contribution in [0.1, 0.15) is 21.6 Å². The highest BCUT2D eigenvalue weighted by Gasteiger charge is 2.15. The normalized spacial score (nSPS) is 10.5. The molecule has 0 unspecified atom stereocenters. The lowest BCUT2D eigenvalue weighted by Crippen LogP contribution is -2.23. The van der Waals surface area contributed by atoms with Gasteiger partial charge >= 0.3 is 0 Å². The van der Waals surface area contributed by atoms with Crippen molar-refractivity contribution in [1.29, 1.82) is 0 Å². The van der Waals surface area contributed by atoms with Crippen molar-refractivity contribution in [3.05, 3.63) is 71.2 Å². The van der Waals surface area contributed by atoms with E-state index in [2.05, 4.69) is 9.69 Å². The van der Waals surface area contributed by atoms with Gasteiger partial charge in [0, 0.05) is 12.6 Å². The minimum absolute atomic E-state index is 0.246. The highest BCUT2D eigenvalue weighted by molar-refractivity contribution is 7.10. The van der Waals surface area contributed by atoms with E-state index in [0.717, 1.165) is 17.1 Å². The summed E-state index contributed by atoms with van der Waals surface area (Å²) in [5.41, 5.74) is 7.72. The first-order valence-electron chi connectivity index (χ1n) is 7.55. The molecule has 5 nitrogen and oxygen atoms in total. The van der Waals surface area contributed by atoms with Crippen molar-refractivity contribution in [2.45, 2.75) is 13.5 Å². The van der Waals surface area contributed by atoms with Crippen LogP contribution in [0.2, 0.25) is 0 Å². The Morgan fingerprint density at radius 3 is 2.64 bits per heavy atom. The van der Waals surface area contributed by atoms with Crippen LogP contribution in [0.15, 0.2) is 48.5 Å². The summed E-state index contributed by atoms with van der Waals surface area (Å²) in [6.07, 6.45) is 0. The van der Waals surface area contributed by atoms with Crippen molar-refractivity contribution >= 4 is 22.4 Å². The van der Waals surface area contributed by atoms with Gasteiger partial charge in [-0.3, -0.25) is 4.79 Å². The average Bonchev–Trinajstić information content (AvgIpc) is 2.93. The Labute approximate surface area is 148 Å². The molecule has 3 aromatic rings. The van der Waals surface area contributed by atoms with Crippen LogP contribution in [0.3, 0.4) is 0 Å². The van der Waals surface area contributed by atoms with Crippen molar-refractivity contribution in [3.63, 3.8) is 0 Å². The highest BCUT2D eigenvalue weighted by atomic mass is 32.1. The number of carbonyl (C=O) groups is 1. The zero-order valence-electron chi connectivity index (χ0n) is 13.5. The van der Waals surface area contributed by atoms with Gasteiger partial charge in [0.05, 0.1) is 11.3 Å². The van der Waals surface area contributed by atoms with E-state index in [0.29, 0.717) is 34.3 Å². The zero-order valence-corrected chi connectivity index (χ0v) is 14.3. The first-order chi connectivity index (χ1) is 12.0. The quantitative estimate of drug-likeness (QED) is 0.726.